The summed E-state index contributed by atoms with van der Waals surface area (Å²) in [5.41, 5.74) is 3.05. The van der Waals surface area contributed by atoms with Gasteiger partial charge in [-0.25, -0.2) is 0 Å². The second-order valence-corrected chi connectivity index (χ2v) is 16.5. The van der Waals surface area contributed by atoms with Gasteiger partial charge in [-0.2, -0.15) is 0 Å². The third kappa shape index (κ3) is 6.10. The number of hydrogen-bond donors (Lipinski definition) is 0. The highest BCUT2D eigenvalue weighted by Crippen LogP contribution is 2.58. The van der Waals surface area contributed by atoms with Crippen LogP contribution in [0, 0.1) is 0 Å². The van der Waals surface area contributed by atoms with E-state index in [9.17, 15) is 9.13 Å². The van der Waals surface area contributed by atoms with E-state index in [0.717, 1.165) is 22.3 Å². The fraction of sp³-hybridized carbons (Fsp3) is 0.194. The molecule has 3 atom stereocenters. The number of ether oxygens (including phenoxy) is 3. The van der Waals surface area contributed by atoms with Crippen LogP contribution in [-0.4, -0.2) is 46.6 Å². The molecule has 5 aromatic rings. The molecule has 48 heavy (non-hydrogen) atoms. The van der Waals surface area contributed by atoms with Gasteiger partial charge in [0, 0.05) is 17.3 Å². The summed E-state index contributed by atoms with van der Waals surface area (Å²) in [5.74, 6) is 1.17. The van der Waals surface area contributed by atoms with Gasteiger partial charge in [0.2, 0.25) is 0 Å². The lowest BCUT2D eigenvalue weighted by Gasteiger charge is -2.32. The Morgan fingerprint density at radius 2 is 1.21 bits per heavy atom. The summed E-state index contributed by atoms with van der Waals surface area (Å²) in [5, 5.41) is 1.34. The number of aromatic nitrogens is 3. The summed E-state index contributed by atoms with van der Waals surface area (Å²) in [6, 6.07) is 30.2. The first kappa shape index (κ1) is 31.7. The van der Waals surface area contributed by atoms with Crippen molar-refractivity contribution in [3.63, 3.8) is 0 Å². The standard InChI is InChI=1S/C36H33N3O7P2/c1-3-21-42-34-37-35(43-22-12-23-47(40)32-19-10-6-15-28(32)26-13-4-8-17-30(26)45-47)39-36(38-34)44-24-25(2)48(41)33-20-11-7-16-29(33)27-14-5-9-18-31(27)46-48/h3-11,13-20,25H,1,12,21-24H2,2H3. The van der Waals surface area contributed by atoms with Gasteiger partial charge in [0.15, 0.2) is 0 Å². The molecule has 0 N–H and O–H groups in total. The van der Waals surface area contributed by atoms with Gasteiger partial charge in [0.05, 0.1) is 22.9 Å². The zero-order valence-corrected chi connectivity index (χ0v) is 28.0. The van der Waals surface area contributed by atoms with Gasteiger partial charge >= 0.3 is 18.0 Å². The van der Waals surface area contributed by atoms with Crippen LogP contribution in [0.1, 0.15) is 13.3 Å². The molecule has 244 valence electrons. The second-order valence-electron chi connectivity index (χ2n) is 11.3. The highest BCUT2D eigenvalue weighted by Gasteiger charge is 2.41. The number of nitrogens with zero attached hydrogens (tertiary/aromatic N) is 3. The maximum Gasteiger partial charge on any atom is 0.326 e. The highest BCUT2D eigenvalue weighted by atomic mass is 31.2. The number of rotatable bonds is 12. The molecule has 0 radical (unpaired) electrons. The average Bonchev–Trinajstić information content (AvgIpc) is 3.12. The van der Waals surface area contributed by atoms with Gasteiger partial charge in [-0.1, -0.05) is 85.5 Å². The SMILES string of the molecule is C=CCOc1nc(OCCCP2(=O)Oc3ccccc3-c3ccccc32)nc(OCC(C)P2(=O)Oc3ccccc3-c3ccccc32)n1. The molecule has 0 bridgehead atoms. The minimum absolute atomic E-state index is 0.0144. The molecule has 0 spiro atoms. The molecule has 0 saturated heterocycles. The Labute approximate surface area is 278 Å². The first-order valence-corrected chi connectivity index (χ1v) is 19.1. The maximum atomic E-state index is 14.4. The Kier molecular flexibility index (Phi) is 8.78. The van der Waals surface area contributed by atoms with E-state index in [-0.39, 0.29) is 44.0 Å². The predicted molar refractivity (Wildman–Crippen MR) is 185 cm³/mol. The normalized spacial score (nSPS) is 19.2. The molecule has 0 fully saturated rings. The van der Waals surface area contributed by atoms with Crippen molar-refractivity contribution in [2.45, 2.75) is 19.0 Å². The van der Waals surface area contributed by atoms with Crippen molar-refractivity contribution in [1.29, 1.82) is 0 Å². The number of para-hydroxylation sites is 2. The lowest BCUT2D eigenvalue weighted by molar-refractivity contribution is 0.242. The van der Waals surface area contributed by atoms with E-state index in [1.165, 1.54) is 0 Å². The average molecular weight is 682 g/mol. The maximum absolute atomic E-state index is 14.4. The Bertz CT molecular complexity index is 2090. The van der Waals surface area contributed by atoms with Gasteiger partial charge in [-0.15, -0.1) is 15.0 Å². The number of hydrogen-bond acceptors (Lipinski definition) is 10. The highest BCUT2D eigenvalue weighted by molar-refractivity contribution is 7.68. The Morgan fingerprint density at radius 1 is 0.688 bits per heavy atom. The predicted octanol–water partition coefficient (Wildman–Crippen LogP) is 7.30. The minimum Gasteiger partial charge on any atom is -0.463 e. The summed E-state index contributed by atoms with van der Waals surface area (Å²) in [6.45, 7) is 5.77. The monoisotopic (exact) mass is 681 g/mol. The zero-order valence-electron chi connectivity index (χ0n) is 26.2. The van der Waals surface area contributed by atoms with Crippen molar-refractivity contribution in [2.75, 3.05) is 26.0 Å². The molecule has 0 amide bonds. The summed E-state index contributed by atoms with van der Waals surface area (Å²) >= 11 is 0. The second kappa shape index (κ2) is 13.3. The van der Waals surface area contributed by atoms with Gasteiger partial charge in [0.1, 0.15) is 24.7 Å². The molecular formula is C36H33N3O7P2. The van der Waals surface area contributed by atoms with Crippen molar-refractivity contribution in [3.05, 3.63) is 110 Å². The summed E-state index contributed by atoms with van der Waals surface area (Å²) in [4.78, 5) is 12.8. The molecule has 3 unspecified atom stereocenters. The van der Waals surface area contributed by atoms with E-state index >= 15 is 0 Å². The lowest BCUT2D eigenvalue weighted by Crippen LogP contribution is -2.28. The van der Waals surface area contributed by atoms with Gasteiger partial charge in [-0.05, 0) is 48.7 Å². The van der Waals surface area contributed by atoms with Crippen molar-refractivity contribution in [3.8, 4) is 51.8 Å². The van der Waals surface area contributed by atoms with Gasteiger partial charge < -0.3 is 23.3 Å². The van der Waals surface area contributed by atoms with E-state index in [2.05, 4.69) is 21.5 Å². The smallest absolute Gasteiger partial charge is 0.326 e. The topological polar surface area (TPSA) is 119 Å². The van der Waals surface area contributed by atoms with E-state index in [1.807, 2.05) is 104 Å². The van der Waals surface area contributed by atoms with Crippen LogP contribution in [0.3, 0.4) is 0 Å². The number of fused-ring (bicyclic) bond motifs is 6. The first-order valence-electron chi connectivity index (χ1n) is 15.6. The van der Waals surface area contributed by atoms with Crippen LogP contribution in [0.4, 0.5) is 0 Å². The van der Waals surface area contributed by atoms with Crippen LogP contribution in [-0.2, 0) is 9.13 Å². The molecule has 0 saturated carbocycles. The fourth-order valence-corrected chi connectivity index (χ4v) is 10.4. The van der Waals surface area contributed by atoms with Crippen LogP contribution in [0.5, 0.6) is 29.5 Å². The molecule has 12 heteroatoms. The Balaban J connectivity index is 1.04. The van der Waals surface area contributed by atoms with E-state index in [4.69, 9.17) is 23.3 Å². The van der Waals surface area contributed by atoms with Crippen molar-refractivity contribution >= 4 is 25.3 Å². The van der Waals surface area contributed by atoms with E-state index in [1.54, 1.807) is 6.08 Å². The minimum atomic E-state index is -3.40. The van der Waals surface area contributed by atoms with Crippen molar-refractivity contribution in [2.24, 2.45) is 0 Å². The summed E-state index contributed by atoms with van der Waals surface area (Å²) in [7, 11) is -6.61. The molecule has 3 heterocycles. The van der Waals surface area contributed by atoms with Crippen LogP contribution in [0.25, 0.3) is 22.3 Å². The molecule has 2 aliphatic heterocycles. The van der Waals surface area contributed by atoms with Crippen molar-refractivity contribution in [1.82, 2.24) is 15.0 Å². The zero-order chi connectivity index (χ0) is 33.1. The number of benzene rings is 4. The van der Waals surface area contributed by atoms with Crippen LogP contribution < -0.4 is 33.9 Å². The molecule has 0 aliphatic carbocycles. The Hall–Kier alpha value is -4.91. The third-order valence-electron chi connectivity index (χ3n) is 8.11. The van der Waals surface area contributed by atoms with Crippen LogP contribution in [0.15, 0.2) is 110 Å². The molecule has 2 aliphatic rings. The summed E-state index contributed by atoms with van der Waals surface area (Å²) in [6.07, 6.45) is 2.22. The molecule has 10 nitrogen and oxygen atoms in total. The van der Waals surface area contributed by atoms with E-state index in [0.29, 0.717) is 28.5 Å². The largest absolute Gasteiger partial charge is 0.463 e. The summed E-state index contributed by atoms with van der Waals surface area (Å²) < 4.78 is 58.3. The van der Waals surface area contributed by atoms with Crippen LogP contribution >= 0.6 is 14.7 Å². The van der Waals surface area contributed by atoms with Crippen molar-refractivity contribution < 1.29 is 32.4 Å². The molecular weight excluding hydrogens is 648 g/mol. The lowest BCUT2D eigenvalue weighted by atomic mass is 10.0. The van der Waals surface area contributed by atoms with Gasteiger partial charge in [0.25, 0.3) is 14.7 Å². The quantitative estimate of drug-likeness (QED) is 0.0754. The van der Waals surface area contributed by atoms with Crippen LogP contribution in [0.2, 0.25) is 0 Å². The molecule has 7 rings (SSSR count). The molecule has 4 aromatic carbocycles. The molecule has 1 aromatic heterocycles. The van der Waals surface area contributed by atoms with E-state index < -0.39 is 20.4 Å². The third-order valence-corrected chi connectivity index (χ3v) is 13.5. The van der Waals surface area contributed by atoms with Gasteiger partial charge in [-0.3, -0.25) is 9.13 Å². The fourth-order valence-electron chi connectivity index (χ4n) is 5.78. The Morgan fingerprint density at radius 3 is 1.88 bits per heavy atom. The first-order chi connectivity index (χ1) is 23.4.